The third kappa shape index (κ3) is 5.96. The second-order valence-electron chi connectivity index (χ2n) is 6.72. The second-order valence-corrected chi connectivity index (χ2v) is 7.64. The number of rotatable bonds is 10. The molecule has 2 aromatic carbocycles. The number of nitrogens with zero attached hydrogens (tertiary/aromatic N) is 1. The fourth-order valence-corrected chi connectivity index (χ4v) is 3.22. The van der Waals surface area contributed by atoms with E-state index in [1.54, 1.807) is 0 Å². The molecule has 1 aromatic heterocycles. The molecule has 3 nitrogen and oxygen atoms in total. The Morgan fingerprint density at radius 3 is 2.26 bits per heavy atom. The van der Waals surface area contributed by atoms with Crippen molar-refractivity contribution in [2.75, 3.05) is 6.61 Å². The standard InChI is InChI=1S/C23H26BrNO2/c1-2-3-4-5-6-7-16-26-21-14-10-19(11-15-21)23-17-22(25-27-23)18-8-12-20(24)13-9-18/h8-15,17H,2-7,16H2,1H3. The van der Waals surface area contributed by atoms with Crippen LogP contribution in [0, 0.1) is 0 Å². The predicted octanol–water partition coefficient (Wildman–Crippen LogP) is 7.51. The highest BCUT2D eigenvalue weighted by Gasteiger charge is 2.09. The molecule has 0 amide bonds. The maximum absolute atomic E-state index is 5.84. The van der Waals surface area contributed by atoms with Gasteiger partial charge < -0.3 is 9.26 Å². The highest BCUT2D eigenvalue weighted by molar-refractivity contribution is 9.10. The molecule has 1 heterocycles. The van der Waals surface area contributed by atoms with Crippen molar-refractivity contribution in [1.29, 1.82) is 0 Å². The zero-order valence-electron chi connectivity index (χ0n) is 15.8. The summed E-state index contributed by atoms with van der Waals surface area (Å²) in [6.07, 6.45) is 7.64. The van der Waals surface area contributed by atoms with E-state index in [0.717, 1.165) is 45.8 Å². The van der Waals surface area contributed by atoms with Gasteiger partial charge in [-0.25, -0.2) is 0 Å². The monoisotopic (exact) mass is 427 g/mol. The molecule has 0 N–H and O–H groups in total. The number of ether oxygens (including phenoxy) is 1. The van der Waals surface area contributed by atoms with Gasteiger partial charge >= 0.3 is 0 Å². The van der Waals surface area contributed by atoms with Crippen molar-refractivity contribution in [1.82, 2.24) is 5.16 Å². The molecule has 142 valence electrons. The SMILES string of the molecule is CCCCCCCCOc1ccc(-c2cc(-c3ccc(Br)cc3)no2)cc1. The Bertz CT molecular complexity index is 809. The van der Waals surface area contributed by atoms with Crippen molar-refractivity contribution < 1.29 is 9.26 Å². The minimum atomic E-state index is 0.760. The van der Waals surface area contributed by atoms with Crippen molar-refractivity contribution >= 4 is 15.9 Å². The first-order chi connectivity index (χ1) is 13.3. The molecule has 0 aliphatic rings. The van der Waals surface area contributed by atoms with E-state index in [0.29, 0.717) is 0 Å². The molecule has 0 unspecified atom stereocenters. The quantitative estimate of drug-likeness (QED) is 0.314. The van der Waals surface area contributed by atoms with E-state index in [2.05, 4.69) is 28.0 Å². The molecule has 0 atom stereocenters. The van der Waals surface area contributed by atoms with E-state index in [-0.39, 0.29) is 0 Å². The van der Waals surface area contributed by atoms with Crippen LogP contribution in [-0.4, -0.2) is 11.8 Å². The molecule has 3 aromatic rings. The van der Waals surface area contributed by atoms with Gasteiger partial charge in [0.25, 0.3) is 0 Å². The Hall–Kier alpha value is -2.07. The van der Waals surface area contributed by atoms with E-state index in [1.165, 1.54) is 32.1 Å². The second kappa shape index (κ2) is 10.3. The van der Waals surface area contributed by atoms with Crippen LogP contribution in [0.15, 0.2) is 63.6 Å². The average molecular weight is 428 g/mol. The molecular formula is C23H26BrNO2. The molecule has 0 saturated heterocycles. The van der Waals surface area contributed by atoms with Gasteiger partial charge in [-0.3, -0.25) is 0 Å². The van der Waals surface area contributed by atoms with E-state index >= 15 is 0 Å². The summed E-state index contributed by atoms with van der Waals surface area (Å²) >= 11 is 3.45. The Morgan fingerprint density at radius 2 is 1.52 bits per heavy atom. The van der Waals surface area contributed by atoms with Crippen LogP contribution >= 0.6 is 15.9 Å². The molecule has 4 heteroatoms. The largest absolute Gasteiger partial charge is 0.494 e. The molecule has 0 spiro atoms. The molecule has 0 saturated carbocycles. The molecular weight excluding hydrogens is 402 g/mol. The van der Waals surface area contributed by atoms with Crippen LogP contribution in [0.1, 0.15) is 45.4 Å². The lowest BCUT2D eigenvalue weighted by Gasteiger charge is -2.06. The number of unbranched alkanes of at least 4 members (excludes halogenated alkanes) is 5. The van der Waals surface area contributed by atoms with Crippen LogP contribution in [0.3, 0.4) is 0 Å². The summed E-state index contributed by atoms with van der Waals surface area (Å²) in [5.41, 5.74) is 2.87. The molecule has 0 radical (unpaired) electrons. The third-order valence-corrected chi connectivity index (χ3v) is 5.08. The lowest BCUT2D eigenvalue weighted by atomic mass is 10.1. The van der Waals surface area contributed by atoms with E-state index in [1.807, 2.05) is 54.6 Å². The number of hydrogen-bond donors (Lipinski definition) is 0. The van der Waals surface area contributed by atoms with Crippen LogP contribution in [-0.2, 0) is 0 Å². The lowest BCUT2D eigenvalue weighted by Crippen LogP contribution is -1.97. The van der Waals surface area contributed by atoms with Crippen molar-refractivity contribution in [2.45, 2.75) is 45.4 Å². The number of aromatic nitrogens is 1. The van der Waals surface area contributed by atoms with E-state index in [9.17, 15) is 0 Å². The Balaban J connectivity index is 1.51. The maximum Gasteiger partial charge on any atom is 0.167 e. The van der Waals surface area contributed by atoms with Crippen LogP contribution in [0.5, 0.6) is 5.75 Å². The van der Waals surface area contributed by atoms with Crippen molar-refractivity contribution in [3.63, 3.8) is 0 Å². The maximum atomic E-state index is 5.84. The Labute approximate surface area is 169 Å². The molecule has 0 aliphatic heterocycles. The van der Waals surface area contributed by atoms with E-state index in [4.69, 9.17) is 9.26 Å². The summed E-state index contributed by atoms with van der Waals surface area (Å²) in [6, 6.07) is 18.0. The summed E-state index contributed by atoms with van der Waals surface area (Å²) < 4.78 is 12.4. The van der Waals surface area contributed by atoms with Gasteiger partial charge in [-0.05, 0) is 42.8 Å². The summed E-state index contributed by atoms with van der Waals surface area (Å²) in [5.74, 6) is 1.66. The summed E-state index contributed by atoms with van der Waals surface area (Å²) in [6.45, 7) is 3.02. The highest BCUT2D eigenvalue weighted by atomic mass is 79.9. The highest BCUT2D eigenvalue weighted by Crippen LogP contribution is 2.28. The minimum Gasteiger partial charge on any atom is -0.494 e. The fraction of sp³-hybridized carbons (Fsp3) is 0.348. The van der Waals surface area contributed by atoms with Gasteiger partial charge in [0.1, 0.15) is 11.4 Å². The van der Waals surface area contributed by atoms with Gasteiger partial charge in [0, 0.05) is 21.7 Å². The first-order valence-electron chi connectivity index (χ1n) is 9.72. The lowest BCUT2D eigenvalue weighted by molar-refractivity contribution is 0.304. The van der Waals surface area contributed by atoms with Gasteiger partial charge in [-0.2, -0.15) is 0 Å². The minimum absolute atomic E-state index is 0.760. The topological polar surface area (TPSA) is 35.3 Å². The predicted molar refractivity (Wildman–Crippen MR) is 114 cm³/mol. The molecule has 27 heavy (non-hydrogen) atoms. The molecule has 3 rings (SSSR count). The van der Waals surface area contributed by atoms with Gasteiger partial charge in [-0.15, -0.1) is 0 Å². The molecule has 0 fully saturated rings. The summed E-state index contributed by atoms with van der Waals surface area (Å²) in [5, 5.41) is 4.18. The van der Waals surface area contributed by atoms with Gasteiger partial charge in [0.15, 0.2) is 5.76 Å². The van der Waals surface area contributed by atoms with Crippen molar-refractivity contribution in [2.24, 2.45) is 0 Å². The summed E-state index contributed by atoms with van der Waals surface area (Å²) in [7, 11) is 0. The average Bonchev–Trinajstić information content (AvgIpc) is 3.18. The third-order valence-electron chi connectivity index (χ3n) is 4.56. The Morgan fingerprint density at radius 1 is 0.852 bits per heavy atom. The number of hydrogen-bond acceptors (Lipinski definition) is 3. The molecule has 0 aliphatic carbocycles. The van der Waals surface area contributed by atoms with Crippen LogP contribution < -0.4 is 4.74 Å². The van der Waals surface area contributed by atoms with Crippen LogP contribution in [0.4, 0.5) is 0 Å². The normalized spacial score (nSPS) is 10.9. The van der Waals surface area contributed by atoms with E-state index < -0.39 is 0 Å². The number of benzene rings is 2. The first kappa shape index (κ1) is 19.7. The van der Waals surface area contributed by atoms with Crippen molar-refractivity contribution in [3.8, 4) is 28.3 Å². The van der Waals surface area contributed by atoms with Gasteiger partial charge in [0.2, 0.25) is 0 Å². The zero-order valence-corrected chi connectivity index (χ0v) is 17.4. The summed E-state index contributed by atoms with van der Waals surface area (Å²) in [4.78, 5) is 0. The molecule has 0 bridgehead atoms. The zero-order chi connectivity index (χ0) is 18.9. The Kier molecular flexibility index (Phi) is 7.52. The van der Waals surface area contributed by atoms with Gasteiger partial charge in [-0.1, -0.05) is 72.2 Å². The van der Waals surface area contributed by atoms with Crippen LogP contribution in [0.25, 0.3) is 22.6 Å². The number of halogens is 1. The van der Waals surface area contributed by atoms with Gasteiger partial charge in [0.05, 0.1) is 6.61 Å². The fourth-order valence-electron chi connectivity index (χ4n) is 2.96. The first-order valence-corrected chi connectivity index (χ1v) is 10.5. The van der Waals surface area contributed by atoms with Crippen LogP contribution in [0.2, 0.25) is 0 Å². The van der Waals surface area contributed by atoms with Crippen molar-refractivity contribution in [3.05, 3.63) is 59.1 Å². The smallest absolute Gasteiger partial charge is 0.167 e.